The molecule has 2 nitrogen and oxygen atoms in total. The summed E-state index contributed by atoms with van der Waals surface area (Å²) in [6.45, 7) is 0.676. The van der Waals surface area contributed by atoms with Crippen LogP contribution in [0.4, 0.5) is 0 Å². The average Bonchev–Trinajstić information content (AvgIpc) is 1.69. The Bertz CT molecular complexity index is 107. The Morgan fingerprint density at radius 1 is 1.71 bits per heavy atom. The molecular formula is C5H6NO. The second kappa shape index (κ2) is 1.78. The second-order valence-corrected chi connectivity index (χ2v) is 1.44. The summed E-state index contributed by atoms with van der Waals surface area (Å²) in [5.74, 6) is 0.190. The zero-order valence-electron chi connectivity index (χ0n) is 3.92. The second-order valence-electron chi connectivity index (χ2n) is 1.44. The van der Waals surface area contributed by atoms with Crippen molar-refractivity contribution in [2.45, 2.75) is 6.42 Å². The molecule has 0 aromatic carbocycles. The van der Waals surface area contributed by atoms with Crippen molar-refractivity contribution in [3.05, 3.63) is 12.3 Å². The summed E-state index contributed by atoms with van der Waals surface area (Å²) in [6.07, 6.45) is 3.66. The summed E-state index contributed by atoms with van der Waals surface area (Å²) < 4.78 is 0. The predicted octanol–water partition coefficient (Wildman–Crippen LogP) is 0.0773. The Kier molecular flexibility index (Phi) is 1.11. The number of carbonyl (C=O) groups excluding carboxylic acids is 1. The van der Waals surface area contributed by atoms with Gasteiger partial charge in [0.25, 0.3) is 0 Å². The SMILES string of the molecule is O=C1C=C[N]CC1. The summed E-state index contributed by atoms with van der Waals surface area (Å²) in [7, 11) is 0. The molecule has 37 valence electrons. The number of hydrogen-bond acceptors (Lipinski definition) is 1. The van der Waals surface area contributed by atoms with Gasteiger partial charge in [-0.2, -0.15) is 0 Å². The van der Waals surface area contributed by atoms with E-state index in [4.69, 9.17) is 0 Å². The monoisotopic (exact) mass is 96.0 g/mol. The number of ketones is 1. The first-order chi connectivity index (χ1) is 3.39. The highest BCUT2D eigenvalue weighted by Crippen LogP contribution is 1.89. The van der Waals surface area contributed by atoms with Gasteiger partial charge in [0.05, 0.1) is 0 Å². The van der Waals surface area contributed by atoms with Gasteiger partial charge in [-0.25, -0.2) is 0 Å². The maximum absolute atomic E-state index is 10.3. The van der Waals surface area contributed by atoms with Crippen molar-refractivity contribution in [2.24, 2.45) is 0 Å². The van der Waals surface area contributed by atoms with Gasteiger partial charge in [0.15, 0.2) is 5.78 Å². The summed E-state index contributed by atoms with van der Waals surface area (Å²) in [5.41, 5.74) is 0. The molecular weight excluding hydrogens is 90.1 g/mol. The summed E-state index contributed by atoms with van der Waals surface area (Å²) >= 11 is 0. The minimum atomic E-state index is 0.190. The van der Waals surface area contributed by atoms with Gasteiger partial charge >= 0.3 is 0 Å². The van der Waals surface area contributed by atoms with Crippen molar-refractivity contribution >= 4 is 5.78 Å². The van der Waals surface area contributed by atoms with Gasteiger partial charge in [-0.1, -0.05) is 0 Å². The van der Waals surface area contributed by atoms with E-state index < -0.39 is 0 Å². The van der Waals surface area contributed by atoms with Crippen molar-refractivity contribution in [2.75, 3.05) is 6.54 Å². The third-order valence-electron chi connectivity index (χ3n) is 0.853. The molecule has 0 amide bonds. The summed E-state index contributed by atoms with van der Waals surface area (Å²) in [5, 5.41) is 3.83. The van der Waals surface area contributed by atoms with Crippen LogP contribution in [0.15, 0.2) is 12.3 Å². The highest BCUT2D eigenvalue weighted by Gasteiger charge is 1.99. The molecule has 0 aromatic heterocycles. The fourth-order valence-corrected chi connectivity index (χ4v) is 0.468. The normalized spacial score (nSPS) is 19.1. The highest BCUT2D eigenvalue weighted by molar-refractivity contribution is 5.90. The van der Waals surface area contributed by atoms with Gasteiger partial charge in [0, 0.05) is 19.2 Å². The van der Waals surface area contributed by atoms with Crippen molar-refractivity contribution in [1.29, 1.82) is 0 Å². The van der Waals surface area contributed by atoms with Gasteiger partial charge in [-0.15, -0.1) is 0 Å². The lowest BCUT2D eigenvalue weighted by Gasteiger charge is -1.98. The first-order valence-corrected chi connectivity index (χ1v) is 2.25. The lowest BCUT2D eigenvalue weighted by molar-refractivity contribution is -0.114. The minimum absolute atomic E-state index is 0.190. The molecule has 0 bridgehead atoms. The Balaban J connectivity index is 2.51. The Hall–Kier alpha value is -0.790. The minimum Gasteiger partial charge on any atom is -0.295 e. The average molecular weight is 96.1 g/mol. The molecule has 1 rings (SSSR count). The van der Waals surface area contributed by atoms with Crippen LogP contribution in [0.25, 0.3) is 0 Å². The fourth-order valence-electron chi connectivity index (χ4n) is 0.468. The molecule has 0 fully saturated rings. The van der Waals surface area contributed by atoms with Crippen LogP contribution in [0, 0.1) is 0 Å². The van der Waals surface area contributed by atoms with E-state index in [1.165, 1.54) is 6.08 Å². The molecule has 2 heteroatoms. The van der Waals surface area contributed by atoms with Crippen molar-refractivity contribution in [1.82, 2.24) is 5.32 Å². The van der Waals surface area contributed by atoms with Gasteiger partial charge in [-0.3, -0.25) is 10.1 Å². The maximum atomic E-state index is 10.3. The first-order valence-electron chi connectivity index (χ1n) is 2.25. The van der Waals surface area contributed by atoms with E-state index in [0.717, 1.165) is 0 Å². The quantitative estimate of drug-likeness (QED) is 0.420. The molecule has 7 heavy (non-hydrogen) atoms. The Morgan fingerprint density at radius 2 is 2.57 bits per heavy atom. The molecule has 0 unspecified atom stereocenters. The molecule has 0 aromatic rings. The lowest BCUT2D eigenvalue weighted by Crippen LogP contribution is -2.10. The fraction of sp³-hybridized carbons (Fsp3) is 0.400. The number of carbonyl (C=O) groups is 1. The van der Waals surface area contributed by atoms with Crippen LogP contribution in [0.2, 0.25) is 0 Å². The molecule has 0 N–H and O–H groups in total. The van der Waals surface area contributed by atoms with E-state index in [0.29, 0.717) is 13.0 Å². The summed E-state index contributed by atoms with van der Waals surface area (Å²) in [6, 6.07) is 0. The van der Waals surface area contributed by atoms with Crippen LogP contribution in [0.1, 0.15) is 6.42 Å². The first kappa shape index (κ1) is 4.37. The van der Waals surface area contributed by atoms with Crippen molar-refractivity contribution in [3.8, 4) is 0 Å². The standard InChI is InChI=1S/C5H6NO/c7-5-1-3-6-4-2-5/h1,3H,2,4H2. The van der Waals surface area contributed by atoms with Crippen LogP contribution < -0.4 is 5.32 Å². The Morgan fingerprint density at radius 3 is 2.86 bits per heavy atom. The molecule has 1 radical (unpaired) electrons. The molecule has 1 heterocycles. The molecule has 1 aliphatic rings. The number of allylic oxidation sites excluding steroid dienone is 1. The lowest BCUT2D eigenvalue weighted by atomic mass is 10.2. The van der Waals surface area contributed by atoms with Crippen molar-refractivity contribution < 1.29 is 4.79 Å². The van der Waals surface area contributed by atoms with Gasteiger partial charge in [0.1, 0.15) is 0 Å². The van der Waals surface area contributed by atoms with E-state index in [-0.39, 0.29) is 5.78 Å². The maximum Gasteiger partial charge on any atom is 0.159 e. The van der Waals surface area contributed by atoms with Crippen LogP contribution in [-0.4, -0.2) is 12.3 Å². The van der Waals surface area contributed by atoms with Gasteiger partial charge < -0.3 is 0 Å². The van der Waals surface area contributed by atoms with E-state index >= 15 is 0 Å². The van der Waals surface area contributed by atoms with Gasteiger partial charge in [-0.05, 0) is 6.08 Å². The largest absolute Gasteiger partial charge is 0.295 e. The molecule has 1 aliphatic heterocycles. The summed E-state index contributed by atoms with van der Waals surface area (Å²) in [4.78, 5) is 10.3. The van der Waals surface area contributed by atoms with E-state index in [1.54, 1.807) is 6.20 Å². The smallest absolute Gasteiger partial charge is 0.159 e. The van der Waals surface area contributed by atoms with Crippen LogP contribution >= 0.6 is 0 Å². The predicted molar refractivity (Wildman–Crippen MR) is 25.8 cm³/mol. The third-order valence-corrected chi connectivity index (χ3v) is 0.853. The van der Waals surface area contributed by atoms with E-state index in [9.17, 15) is 4.79 Å². The van der Waals surface area contributed by atoms with Crippen LogP contribution in [0.3, 0.4) is 0 Å². The molecule has 0 saturated carbocycles. The van der Waals surface area contributed by atoms with Crippen molar-refractivity contribution in [3.63, 3.8) is 0 Å². The van der Waals surface area contributed by atoms with Gasteiger partial charge in [0.2, 0.25) is 0 Å². The Labute approximate surface area is 42.2 Å². The third kappa shape index (κ3) is 1.03. The van der Waals surface area contributed by atoms with E-state index in [2.05, 4.69) is 5.32 Å². The molecule has 0 atom stereocenters. The number of rotatable bonds is 0. The molecule has 0 saturated heterocycles. The molecule has 0 spiro atoms. The number of hydrogen-bond donors (Lipinski definition) is 0. The van der Waals surface area contributed by atoms with Crippen LogP contribution in [0.5, 0.6) is 0 Å². The molecule has 0 aliphatic carbocycles. The van der Waals surface area contributed by atoms with Crippen LogP contribution in [-0.2, 0) is 4.79 Å². The highest BCUT2D eigenvalue weighted by atomic mass is 16.1. The number of nitrogens with zero attached hydrogens (tertiary/aromatic N) is 1. The zero-order chi connectivity index (χ0) is 5.11. The zero-order valence-corrected chi connectivity index (χ0v) is 3.92. The topological polar surface area (TPSA) is 31.2 Å². The van der Waals surface area contributed by atoms with E-state index in [1.807, 2.05) is 0 Å².